The van der Waals surface area contributed by atoms with Gasteiger partial charge in [-0.1, -0.05) is 66.7 Å². The van der Waals surface area contributed by atoms with Gasteiger partial charge in [0, 0.05) is 43.4 Å². The zero-order chi connectivity index (χ0) is 23.6. The number of rotatable bonds is 2. The van der Waals surface area contributed by atoms with Gasteiger partial charge in [-0.15, -0.1) is 11.3 Å². The normalized spacial score (nSPS) is 11.9. The number of hydrogen-bond donors (Lipinski definition) is 0. The fraction of sp³-hybridized carbons (Fsp3) is 0. The van der Waals surface area contributed by atoms with Crippen LogP contribution in [-0.4, -0.2) is 19.5 Å². The Morgan fingerprint density at radius 2 is 1.36 bits per heavy atom. The molecule has 0 fully saturated rings. The Morgan fingerprint density at radius 1 is 0.583 bits per heavy atom. The van der Waals surface area contributed by atoms with Gasteiger partial charge in [-0.05, 0) is 36.4 Å². The predicted molar refractivity (Wildman–Crippen MR) is 150 cm³/mol. The molecular formula is C31H18N4S. The van der Waals surface area contributed by atoms with E-state index in [0.717, 1.165) is 38.0 Å². The molecule has 5 heteroatoms. The second-order valence-electron chi connectivity index (χ2n) is 8.93. The third kappa shape index (κ3) is 2.78. The summed E-state index contributed by atoms with van der Waals surface area (Å²) in [4.78, 5) is 15.9. The molecule has 0 saturated heterocycles. The van der Waals surface area contributed by atoms with Crippen molar-refractivity contribution in [1.29, 1.82) is 0 Å². The van der Waals surface area contributed by atoms with Crippen LogP contribution in [0.3, 0.4) is 0 Å². The van der Waals surface area contributed by atoms with Gasteiger partial charge in [-0.25, -0.2) is 15.0 Å². The maximum Gasteiger partial charge on any atom is 0.235 e. The first kappa shape index (κ1) is 19.7. The summed E-state index contributed by atoms with van der Waals surface area (Å²) in [5.74, 6) is 0.678. The summed E-state index contributed by atoms with van der Waals surface area (Å²) < 4.78 is 3.42. The Kier molecular flexibility index (Phi) is 4.07. The topological polar surface area (TPSA) is 43.6 Å². The SMILES string of the molecule is c1ccc(-c2nc(-n3c4ccccc4c4cc5c(cc43)sc3ncccc35)nc3ccccc23)cc1. The Morgan fingerprint density at radius 3 is 2.28 bits per heavy atom. The molecule has 0 amide bonds. The third-order valence-corrected chi connectivity index (χ3v) is 7.96. The number of pyridine rings is 1. The van der Waals surface area contributed by atoms with Crippen LogP contribution in [0.15, 0.2) is 109 Å². The quantitative estimate of drug-likeness (QED) is 0.252. The molecule has 0 aliphatic rings. The number of nitrogens with zero attached hydrogens (tertiary/aromatic N) is 4. The molecule has 4 aromatic heterocycles. The molecule has 0 N–H and O–H groups in total. The molecule has 0 bridgehead atoms. The number of para-hydroxylation sites is 2. The van der Waals surface area contributed by atoms with Crippen molar-refractivity contribution < 1.29 is 0 Å². The molecule has 0 atom stereocenters. The minimum atomic E-state index is 0.678. The molecule has 4 nitrogen and oxygen atoms in total. The lowest BCUT2D eigenvalue weighted by Gasteiger charge is -2.11. The van der Waals surface area contributed by atoms with Crippen molar-refractivity contribution in [3.8, 4) is 17.2 Å². The molecule has 0 radical (unpaired) electrons. The van der Waals surface area contributed by atoms with Gasteiger partial charge in [0.2, 0.25) is 5.95 Å². The van der Waals surface area contributed by atoms with Gasteiger partial charge >= 0.3 is 0 Å². The van der Waals surface area contributed by atoms with Crippen LogP contribution in [0.5, 0.6) is 0 Å². The Labute approximate surface area is 210 Å². The molecule has 8 aromatic rings. The molecule has 0 saturated carbocycles. The highest BCUT2D eigenvalue weighted by atomic mass is 32.1. The van der Waals surface area contributed by atoms with Crippen molar-refractivity contribution >= 4 is 64.3 Å². The Bertz CT molecular complexity index is 2100. The lowest BCUT2D eigenvalue weighted by atomic mass is 10.1. The van der Waals surface area contributed by atoms with E-state index in [2.05, 4.69) is 88.4 Å². The van der Waals surface area contributed by atoms with Gasteiger partial charge in [0.25, 0.3) is 0 Å². The Balaban J connectivity index is 1.52. The van der Waals surface area contributed by atoms with E-state index >= 15 is 0 Å². The van der Waals surface area contributed by atoms with Crippen molar-refractivity contribution in [3.05, 3.63) is 109 Å². The second-order valence-corrected chi connectivity index (χ2v) is 9.96. The van der Waals surface area contributed by atoms with Gasteiger partial charge in [0.1, 0.15) is 4.83 Å². The van der Waals surface area contributed by atoms with E-state index in [1.54, 1.807) is 11.3 Å². The second kappa shape index (κ2) is 7.44. The molecule has 0 spiro atoms. The van der Waals surface area contributed by atoms with Gasteiger partial charge in [-0.2, -0.15) is 0 Å². The third-order valence-electron chi connectivity index (χ3n) is 6.88. The fourth-order valence-corrected chi connectivity index (χ4v) is 6.33. The van der Waals surface area contributed by atoms with E-state index in [0.29, 0.717) is 5.95 Å². The molecule has 0 aliphatic carbocycles. The molecule has 8 rings (SSSR count). The highest BCUT2D eigenvalue weighted by molar-refractivity contribution is 7.25. The molecule has 4 aromatic carbocycles. The van der Waals surface area contributed by atoms with Crippen molar-refractivity contribution in [2.45, 2.75) is 0 Å². The summed E-state index contributed by atoms with van der Waals surface area (Å²) in [6.45, 7) is 0. The summed E-state index contributed by atoms with van der Waals surface area (Å²) in [5.41, 5.74) is 5.15. The van der Waals surface area contributed by atoms with E-state index in [9.17, 15) is 0 Å². The van der Waals surface area contributed by atoms with Gasteiger partial charge in [0.15, 0.2) is 0 Å². The van der Waals surface area contributed by atoms with Crippen LogP contribution in [-0.2, 0) is 0 Å². The first-order valence-corrected chi connectivity index (χ1v) is 12.7. The standard InChI is InChI=1S/C31H18N4S/c1-2-9-19(10-3-1)29-22-12-4-6-14-25(22)33-31(34-29)35-26-15-7-5-11-20(26)23-17-24-21-13-8-16-32-30(21)36-28(24)18-27(23)35/h1-18H. The lowest BCUT2D eigenvalue weighted by Crippen LogP contribution is -2.03. The largest absolute Gasteiger partial charge is 0.278 e. The van der Waals surface area contributed by atoms with E-state index in [-0.39, 0.29) is 0 Å². The summed E-state index contributed by atoms with van der Waals surface area (Å²) in [6, 6.07) is 35.9. The monoisotopic (exact) mass is 478 g/mol. The zero-order valence-corrected chi connectivity index (χ0v) is 19.9. The summed E-state index contributed by atoms with van der Waals surface area (Å²) in [5, 5.41) is 5.87. The highest BCUT2D eigenvalue weighted by Crippen LogP contribution is 2.40. The number of hydrogen-bond acceptors (Lipinski definition) is 4. The van der Waals surface area contributed by atoms with Crippen molar-refractivity contribution in [2.24, 2.45) is 0 Å². The van der Waals surface area contributed by atoms with Crippen LogP contribution in [0, 0.1) is 0 Å². The van der Waals surface area contributed by atoms with E-state index in [1.807, 2.05) is 30.5 Å². The van der Waals surface area contributed by atoms with Gasteiger partial charge < -0.3 is 0 Å². The summed E-state index contributed by atoms with van der Waals surface area (Å²) in [7, 11) is 0. The summed E-state index contributed by atoms with van der Waals surface area (Å²) >= 11 is 1.73. The van der Waals surface area contributed by atoms with Crippen LogP contribution >= 0.6 is 11.3 Å². The van der Waals surface area contributed by atoms with E-state index in [4.69, 9.17) is 9.97 Å². The van der Waals surface area contributed by atoms with E-state index in [1.165, 1.54) is 26.2 Å². The van der Waals surface area contributed by atoms with Gasteiger partial charge in [0.05, 0.1) is 22.2 Å². The minimum absolute atomic E-state index is 0.678. The smallest absolute Gasteiger partial charge is 0.235 e. The average Bonchev–Trinajstić information content (AvgIpc) is 3.46. The van der Waals surface area contributed by atoms with Crippen LogP contribution in [0.25, 0.3) is 70.2 Å². The minimum Gasteiger partial charge on any atom is -0.278 e. The molecular weight excluding hydrogens is 460 g/mol. The van der Waals surface area contributed by atoms with Crippen molar-refractivity contribution in [2.75, 3.05) is 0 Å². The summed E-state index contributed by atoms with van der Waals surface area (Å²) in [6.07, 6.45) is 1.86. The number of thiophene rings is 1. The molecule has 4 heterocycles. The average molecular weight is 479 g/mol. The molecule has 0 unspecified atom stereocenters. The first-order chi connectivity index (χ1) is 17.8. The fourth-order valence-electron chi connectivity index (χ4n) is 5.27. The maximum atomic E-state index is 5.18. The number of fused-ring (bicyclic) bond motifs is 7. The molecule has 168 valence electrons. The van der Waals surface area contributed by atoms with Crippen LogP contribution in [0.1, 0.15) is 0 Å². The van der Waals surface area contributed by atoms with Crippen LogP contribution < -0.4 is 0 Å². The number of benzene rings is 4. The van der Waals surface area contributed by atoms with E-state index < -0.39 is 0 Å². The van der Waals surface area contributed by atoms with Crippen molar-refractivity contribution in [3.63, 3.8) is 0 Å². The van der Waals surface area contributed by atoms with Crippen molar-refractivity contribution in [1.82, 2.24) is 19.5 Å². The Hall–Kier alpha value is -4.61. The van der Waals surface area contributed by atoms with Crippen LogP contribution in [0.2, 0.25) is 0 Å². The molecule has 0 aliphatic heterocycles. The number of aromatic nitrogens is 4. The van der Waals surface area contributed by atoms with Gasteiger partial charge in [-0.3, -0.25) is 4.57 Å². The zero-order valence-electron chi connectivity index (χ0n) is 19.1. The lowest BCUT2D eigenvalue weighted by molar-refractivity contribution is 1.01. The highest BCUT2D eigenvalue weighted by Gasteiger charge is 2.18. The molecule has 36 heavy (non-hydrogen) atoms. The maximum absolute atomic E-state index is 5.18. The predicted octanol–water partition coefficient (Wildman–Crippen LogP) is 8.16. The van der Waals surface area contributed by atoms with Crippen LogP contribution in [0.4, 0.5) is 0 Å². The first-order valence-electron chi connectivity index (χ1n) is 11.9.